The fraction of sp³-hybridized carbons (Fsp3) is 0.750. The molecule has 2 unspecified atom stereocenters. The molecule has 6 nitrogen and oxygen atoms in total. The number of H-pyrrole nitrogens is 1. The van der Waals surface area contributed by atoms with Crippen LogP contribution in [0.15, 0.2) is 4.90 Å². The maximum absolute atomic E-state index is 12.4. The summed E-state index contributed by atoms with van der Waals surface area (Å²) in [4.78, 5) is 0.0905. The van der Waals surface area contributed by atoms with Crippen LogP contribution >= 0.6 is 0 Å². The molecule has 0 spiro atoms. The number of rotatable bonds is 4. The van der Waals surface area contributed by atoms with Crippen LogP contribution in [0.25, 0.3) is 0 Å². The first-order valence-corrected chi connectivity index (χ1v) is 8.11. The van der Waals surface area contributed by atoms with Crippen molar-refractivity contribution in [3.63, 3.8) is 0 Å². The molecule has 0 saturated heterocycles. The third kappa shape index (κ3) is 2.98. The summed E-state index contributed by atoms with van der Waals surface area (Å²) < 4.78 is 27.6. The number of aromatic amines is 1. The van der Waals surface area contributed by atoms with Gasteiger partial charge in [-0.25, -0.2) is 13.1 Å². The second kappa shape index (κ2) is 5.60. The van der Waals surface area contributed by atoms with E-state index in [1.165, 1.54) is 0 Å². The molecule has 1 heterocycles. The molecule has 19 heavy (non-hydrogen) atoms. The lowest BCUT2D eigenvalue weighted by atomic mass is 9.87. The molecule has 2 rings (SSSR count). The molecule has 0 aliphatic heterocycles. The fourth-order valence-electron chi connectivity index (χ4n) is 2.68. The lowest BCUT2D eigenvalue weighted by Crippen LogP contribution is -2.41. The van der Waals surface area contributed by atoms with Crippen LogP contribution in [-0.2, 0) is 16.6 Å². The average Bonchev–Trinajstić information content (AvgIpc) is 2.74. The number of hydrogen-bond donors (Lipinski definition) is 3. The number of aryl methyl sites for hydroxylation is 1. The van der Waals surface area contributed by atoms with Crippen molar-refractivity contribution in [2.45, 2.75) is 57.1 Å². The largest absolute Gasteiger partial charge is 0.390 e. The standard InChI is InChI=1S/C12H21N3O3S/c1-8-5-3-4-6-10(8)15-19(17,18)12-9(2)13-14-11(12)7-16/h8,10,15-16H,3-7H2,1-2H3,(H,13,14). The Morgan fingerprint density at radius 2 is 2.11 bits per heavy atom. The number of aromatic nitrogens is 2. The van der Waals surface area contributed by atoms with Crippen molar-refractivity contribution in [1.29, 1.82) is 0 Å². The smallest absolute Gasteiger partial charge is 0.244 e. The molecule has 1 aliphatic carbocycles. The molecular weight excluding hydrogens is 266 g/mol. The number of aliphatic hydroxyl groups excluding tert-OH is 1. The van der Waals surface area contributed by atoms with Crippen LogP contribution in [0.1, 0.15) is 44.0 Å². The minimum atomic E-state index is -3.63. The summed E-state index contributed by atoms with van der Waals surface area (Å²) in [5.74, 6) is 0.341. The fourth-order valence-corrected chi connectivity index (χ4v) is 4.42. The second-order valence-corrected chi connectivity index (χ2v) is 6.92. The molecule has 2 atom stereocenters. The highest BCUT2D eigenvalue weighted by Crippen LogP contribution is 2.26. The summed E-state index contributed by atoms with van der Waals surface area (Å²) in [5, 5.41) is 15.6. The van der Waals surface area contributed by atoms with Crippen molar-refractivity contribution in [1.82, 2.24) is 14.9 Å². The third-order valence-electron chi connectivity index (χ3n) is 3.80. The van der Waals surface area contributed by atoms with Gasteiger partial charge in [0.25, 0.3) is 0 Å². The molecule has 1 fully saturated rings. The predicted octanol–water partition coefficient (Wildman–Crippen LogP) is 1.07. The van der Waals surface area contributed by atoms with Gasteiger partial charge >= 0.3 is 0 Å². The predicted molar refractivity (Wildman–Crippen MR) is 71.0 cm³/mol. The van der Waals surface area contributed by atoms with E-state index in [2.05, 4.69) is 21.8 Å². The third-order valence-corrected chi connectivity index (χ3v) is 5.49. The summed E-state index contributed by atoms with van der Waals surface area (Å²) >= 11 is 0. The number of sulfonamides is 1. The maximum atomic E-state index is 12.4. The normalized spacial score (nSPS) is 24.6. The molecule has 1 aromatic heterocycles. The number of nitrogens with zero attached hydrogens (tertiary/aromatic N) is 1. The molecule has 0 aromatic carbocycles. The van der Waals surface area contributed by atoms with E-state index in [0.29, 0.717) is 11.6 Å². The van der Waals surface area contributed by atoms with Crippen LogP contribution in [-0.4, -0.2) is 29.8 Å². The first-order chi connectivity index (χ1) is 8.95. The van der Waals surface area contributed by atoms with E-state index in [1.807, 2.05) is 0 Å². The van der Waals surface area contributed by atoms with Gasteiger partial charge in [0.05, 0.1) is 12.3 Å². The van der Waals surface area contributed by atoms with Crippen LogP contribution in [0.5, 0.6) is 0 Å². The van der Waals surface area contributed by atoms with Crippen molar-refractivity contribution in [2.75, 3.05) is 0 Å². The van der Waals surface area contributed by atoms with Crippen molar-refractivity contribution < 1.29 is 13.5 Å². The Bertz CT molecular complexity index is 538. The SMILES string of the molecule is Cc1[nH]nc(CO)c1S(=O)(=O)NC1CCCCC1C. The number of hydrogen-bond acceptors (Lipinski definition) is 4. The summed E-state index contributed by atoms with van der Waals surface area (Å²) in [6.45, 7) is 3.33. The maximum Gasteiger partial charge on any atom is 0.244 e. The zero-order valence-corrected chi connectivity index (χ0v) is 12.1. The Labute approximate surface area is 113 Å². The highest BCUT2D eigenvalue weighted by Gasteiger charge is 2.30. The Kier molecular flexibility index (Phi) is 4.27. The van der Waals surface area contributed by atoms with Gasteiger partial charge in [-0.05, 0) is 25.7 Å². The van der Waals surface area contributed by atoms with E-state index in [9.17, 15) is 13.5 Å². The summed E-state index contributed by atoms with van der Waals surface area (Å²) in [5.41, 5.74) is 0.633. The van der Waals surface area contributed by atoms with Gasteiger partial charge in [-0.15, -0.1) is 0 Å². The van der Waals surface area contributed by atoms with Gasteiger partial charge in [-0.3, -0.25) is 5.10 Å². The van der Waals surface area contributed by atoms with Crippen molar-refractivity contribution in [2.24, 2.45) is 5.92 Å². The minimum absolute atomic E-state index is 0.0282. The Morgan fingerprint density at radius 1 is 1.42 bits per heavy atom. The summed E-state index contributed by atoms with van der Waals surface area (Å²) in [7, 11) is -3.63. The topological polar surface area (TPSA) is 95.1 Å². The molecular formula is C12H21N3O3S. The zero-order valence-electron chi connectivity index (χ0n) is 11.3. The number of aliphatic hydroxyl groups is 1. The molecule has 7 heteroatoms. The van der Waals surface area contributed by atoms with Crippen molar-refractivity contribution in [3.05, 3.63) is 11.4 Å². The van der Waals surface area contributed by atoms with Crippen molar-refractivity contribution in [3.8, 4) is 0 Å². The van der Waals surface area contributed by atoms with Crippen LogP contribution < -0.4 is 4.72 Å². The molecule has 0 bridgehead atoms. The minimum Gasteiger partial charge on any atom is -0.390 e. The molecule has 1 aliphatic rings. The lowest BCUT2D eigenvalue weighted by Gasteiger charge is -2.29. The van der Waals surface area contributed by atoms with E-state index < -0.39 is 10.0 Å². The molecule has 3 N–H and O–H groups in total. The summed E-state index contributed by atoms with van der Waals surface area (Å²) in [6.07, 6.45) is 4.12. The van der Waals surface area contributed by atoms with E-state index in [4.69, 9.17) is 0 Å². The first kappa shape index (κ1) is 14.5. The van der Waals surface area contributed by atoms with E-state index in [-0.39, 0.29) is 23.2 Å². The van der Waals surface area contributed by atoms with Crippen molar-refractivity contribution >= 4 is 10.0 Å². The van der Waals surface area contributed by atoms with Gasteiger partial charge in [0.15, 0.2) is 0 Å². The lowest BCUT2D eigenvalue weighted by molar-refractivity contribution is 0.273. The monoisotopic (exact) mass is 287 g/mol. The molecule has 0 radical (unpaired) electrons. The second-order valence-electron chi connectivity index (χ2n) is 5.27. The highest BCUT2D eigenvalue weighted by molar-refractivity contribution is 7.89. The van der Waals surface area contributed by atoms with Gasteiger partial charge in [0.1, 0.15) is 10.6 Å². The molecule has 1 saturated carbocycles. The Morgan fingerprint density at radius 3 is 2.74 bits per heavy atom. The van der Waals surface area contributed by atoms with Crippen LogP contribution in [0.4, 0.5) is 0 Å². The summed E-state index contributed by atoms with van der Waals surface area (Å²) in [6, 6.07) is -0.0282. The first-order valence-electron chi connectivity index (χ1n) is 6.62. The van der Waals surface area contributed by atoms with Crippen LogP contribution in [0.2, 0.25) is 0 Å². The molecule has 1 aromatic rings. The Balaban J connectivity index is 2.24. The molecule has 108 valence electrons. The van der Waals surface area contributed by atoms with E-state index >= 15 is 0 Å². The van der Waals surface area contributed by atoms with Gasteiger partial charge in [0.2, 0.25) is 10.0 Å². The van der Waals surface area contributed by atoms with Crippen LogP contribution in [0, 0.1) is 12.8 Å². The molecule has 0 amide bonds. The van der Waals surface area contributed by atoms with Gasteiger partial charge in [-0.2, -0.15) is 5.10 Å². The van der Waals surface area contributed by atoms with Crippen LogP contribution in [0.3, 0.4) is 0 Å². The Hall–Kier alpha value is -0.920. The van der Waals surface area contributed by atoms with Gasteiger partial charge in [0, 0.05) is 6.04 Å². The van der Waals surface area contributed by atoms with E-state index in [0.717, 1.165) is 25.7 Å². The van der Waals surface area contributed by atoms with Gasteiger partial charge in [-0.1, -0.05) is 19.8 Å². The zero-order chi connectivity index (χ0) is 14.0. The average molecular weight is 287 g/mol. The van der Waals surface area contributed by atoms with E-state index in [1.54, 1.807) is 6.92 Å². The quantitative estimate of drug-likeness (QED) is 0.772. The highest BCUT2D eigenvalue weighted by atomic mass is 32.2. The van der Waals surface area contributed by atoms with Gasteiger partial charge < -0.3 is 5.11 Å². The number of nitrogens with one attached hydrogen (secondary N) is 2.